The number of rotatable bonds is 7. The summed E-state index contributed by atoms with van der Waals surface area (Å²) in [5.74, 6) is -1.53. The number of amides is 1. The third kappa shape index (κ3) is 4.28. The molecule has 2 aromatic carbocycles. The van der Waals surface area contributed by atoms with Gasteiger partial charge in [0.25, 0.3) is 0 Å². The molecule has 0 aromatic heterocycles. The maximum absolute atomic E-state index is 12.2. The fourth-order valence-electron chi connectivity index (χ4n) is 2.88. The van der Waals surface area contributed by atoms with Crippen molar-refractivity contribution in [1.82, 2.24) is 0 Å². The van der Waals surface area contributed by atoms with Crippen LogP contribution in [0.4, 0.5) is 5.69 Å². The number of anilines is 1. The lowest BCUT2D eigenvalue weighted by atomic mass is 9.99. The fraction of sp³-hybridized carbons (Fsp3) is 0.238. The predicted molar refractivity (Wildman–Crippen MR) is 98.8 cm³/mol. The van der Waals surface area contributed by atoms with Crippen molar-refractivity contribution < 1.29 is 23.9 Å². The number of ketones is 2. The molecule has 1 N–H and O–H groups in total. The lowest BCUT2D eigenvalue weighted by Gasteiger charge is -2.07. The van der Waals surface area contributed by atoms with Crippen molar-refractivity contribution in [2.45, 2.75) is 25.7 Å². The van der Waals surface area contributed by atoms with Gasteiger partial charge in [0.05, 0.1) is 12.3 Å². The predicted octanol–water partition coefficient (Wildman–Crippen LogP) is 3.13. The summed E-state index contributed by atoms with van der Waals surface area (Å²) in [7, 11) is 0. The normalized spacial score (nSPS) is 15.0. The molecule has 0 fully saturated rings. The van der Waals surface area contributed by atoms with E-state index in [2.05, 4.69) is 5.32 Å². The minimum atomic E-state index is -0.598. The van der Waals surface area contributed by atoms with Crippen molar-refractivity contribution >= 4 is 29.1 Å². The van der Waals surface area contributed by atoms with Gasteiger partial charge in [0, 0.05) is 23.2 Å². The molecule has 0 bridgehead atoms. The Labute approximate surface area is 156 Å². The van der Waals surface area contributed by atoms with Crippen molar-refractivity contribution in [2.75, 3.05) is 11.9 Å². The van der Waals surface area contributed by atoms with Crippen molar-refractivity contribution in [3.05, 3.63) is 65.2 Å². The molecule has 1 amide bonds. The van der Waals surface area contributed by atoms with Crippen LogP contribution in [0.3, 0.4) is 0 Å². The Kier molecular flexibility index (Phi) is 5.45. The number of carbonyl (C=O) groups excluding carboxylic acids is 4. The van der Waals surface area contributed by atoms with Crippen LogP contribution in [0.5, 0.6) is 0 Å². The molecule has 1 atom stereocenters. The number of fused-ring (bicyclic) bond motifs is 1. The summed E-state index contributed by atoms with van der Waals surface area (Å²) >= 11 is 0. The average molecular weight is 365 g/mol. The molecule has 1 aliphatic heterocycles. The number of carbonyl (C=O) groups is 4. The van der Waals surface area contributed by atoms with Crippen LogP contribution in [0.15, 0.2) is 48.5 Å². The second kappa shape index (κ2) is 7.95. The highest BCUT2D eigenvalue weighted by Gasteiger charge is 2.27. The van der Waals surface area contributed by atoms with Crippen LogP contribution in [0.25, 0.3) is 0 Å². The van der Waals surface area contributed by atoms with Crippen molar-refractivity contribution in [2.24, 2.45) is 0 Å². The molecule has 6 nitrogen and oxygen atoms in total. The first-order valence-corrected chi connectivity index (χ1v) is 8.67. The molecule has 3 rings (SSSR count). The Morgan fingerprint density at radius 1 is 0.963 bits per heavy atom. The lowest BCUT2D eigenvalue weighted by Crippen LogP contribution is -2.15. The van der Waals surface area contributed by atoms with E-state index in [0.29, 0.717) is 16.8 Å². The van der Waals surface area contributed by atoms with Crippen molar-refractivity contribution in [3.63, 3.8) is 0 Å². The SMILES string of the molecule is C[C@@H]1C(=O)Nc2ccc(C(=O)COC(=O)CCC(=O)c3ccccc3)cc21. The van der Waals surface area contributed by atoms with Crippen LogP contribution in [-0.2, 0) is 14.3 Å². The molecule has 138 valence electrons. The van der Waals surface area contributed by atoms with Crippen LogP contribution in [-0.4, -0.2) is 30.0 Å². The number of hydrogen-bond donors (Lipinski definition) is 1. The van der Waals surface area contributed by atoms with E-state index in [1.165, 1.54) is 0 Å². The smallest absolute Gasteiger partial charge is 0.306 e. The number of esters is 1. The van der Waals surface area contributed by atoms with Gasteiger partial charge in [0.2, 0.25) is 5.91 Å². The van der Waals surface area contributed by atoms with E-state index in [1.807, 2.05) is 6.07 Å². The highest BCUT2D eigenvalue weighted by atomic mass is 16.5. The summed E-state index contributed by atoms with van der Waals surface area (Å²) in [5.41, 5.74) is 2.37. The first-order chi connectivity index (χ1) is 13.0. The van der Waals surface area contributed by atoms with Gasteiger partial charge in [-0.2, -0.15) is 0 Å². The zero-order chi connectivity index (χ0) is 19.4. The molecular formula is C21H19NO5. The Hall–Kier alpha value is -3.28. The molecule has 1 heterocycles. The second-order valence-electron chi connectivity index (χ2n) is 6.39. The van der Waals surface area contributed by atoms with E-state index < -0.39 is 12.6 Å². The molecule has 0 saturated carbocycles. The zero-order valence-electron chi connectivity index (χ0n) is 14.9. The van der Waals surface area contributed by atoms with E-state index in [1.54, 1.807) is 49.4 Å². The number of Topliss-reactive ketones (excluding diaryl/α,β-unsaturated/α-hetero) is 2. The topological polar surface area (TPSA) is 89.5 Å². The second-order valence-corrected chi connectivity index (χ2v) is 6.39. The summed E-state index contributed by atoms with van der Waals surface area (Å²) in [6.07, 6.45) is -0.0537. The van der Waals surface area contributed by atoms with Gasteiger partial charge in [0.15, 0.2) is 18.2 Å². The van der Waals surface area contributed by atoms with Crippen LogP contribution < -0.4 is 5.32 Å². The van der Waals surface area contributed by atoms with Gasteiger partial charge in [-0.3, -0.25) is 19.2 Å². The van der Waals surface area contributed by atoms with Gasteiger partial charge in [-0.1, -0.05) is 30.3 Å². The largest absolute Gasteiger partial charge is 0.457 e. The van der Waals surface area contributed by atoms with Gasteiger partial charge < -0.3 is 10.1 Å². The first-order valence-electron chi connectivity index (χ1n) is 8.67. The maximum atomic E-state index is 12.2. The van der Waals surface area contributed by atoms with Crippen molar-refractivity contribution in [3.8, 4) is 0 Å². The summed E-state index contributed by atoms with van der Waals surface area (Å²) in [6, 6.07) is 13.6. The van der Waals surface area contributed by atoms with Gasteiger partial charge in [-0.25, -0.2) is 0 Å². The van der Waals surface area contributed by atoms with E-state index in [9.17, 15) is 19.2 Å². The average Bonchev–Trinajstić information content (AvgIpc) is 2.98. The Bertz CT molecular complexity index is 904. The fourth-order valence-corrected chi connectivity index (χ4v) is 2.88. The summed E-state index contributed by atoms with van der Waals surface area (Å²) in [4.78, 5) is 47.7. The summed E-state index contributed by atoms with van der Waals surface area (Å²) < 4.78 is 4.99. The molecule has 0 unspecified atom stereocenters. The van der Waals surface area contributed by atoms with E-state index in [0.717, 1.165) is 5.56 Å². The third-order valence-electron chi connectivity index (χ3n) is 4.51. The molecule has 0 aliphatic carbocycles. The molecule has 0 spiro atoms. The summed E-state index contributed by atoms with van der Waals surface area (Å²) in [5, 5.41) is 2.74. The molecule has 1 aliphatic rings. The monoisotopic (exact) mass is 365 g/mol. The van der Waals surface area contributed by atoms with E-state index >= 15 is 0 Å². The van der Waals surface area contributed by atoms with Gasteiger partial charge >= 0.3 is 5.97 Å². The van der Waals surface area contributed by atoms with Gasteiger partial charge in [-0.05, 0) is 30.7 Å². The number of benzene rings is 2. The molecule has 27 heavy (non-hydrogen) atoms. The maximum Gasteiger partial charge on any atom is 0.306 e. The molecular weight excluding hydrogens is 346 g/mol. The van der Waals surface area contributed by atoms with Crippen LogP contribution >= 0.6 is 0 Å². The van der Waals surface area contributed by atoms with E-state index in [-0.39, 0.29) is 36.2 Å². The minimum absolute atomic E-state index is 0.0289. The van der Waals surface area contributed by atoms with E-state index in [4.69, 9.17) is 4.74 Å². The number of ether oxygens (including phenoxy) is 1. The van der Waals surface area contributed by atoms with Crippen molar-refractivity contribution in [1.29, 1.82) is 0 Å². The van der Waals surface area contributed by atoms with Gasteiger partial charge in [-0.15, -0.1) is 0 Å². The number of nitrogens with one attached hydrogen (secondary N) is 1. The third-order valence-corrected chi connectivity index (χ3v) is 4.51. The highest BCUT2D eigenvalue weighted by molar-refractivity contribution is 6.05. The Morgan fingerprint density at radius 2 is 1.70 bits per heavy atom. The highest BCUT2D eigenvalue weighted by Crippen LogP contribution is 2.32. The quantitative estimate of drug-likeness (QED) is 0.601. The van der Waals surface area contributed by atoms with Crippen LogP contribution in [0, 0.1) is 0 Å². The zero-order valence-corrected chi connectivity index (χ0v) is 14.9. The first kappa shape index (κ1) is 18.5. The van der Waals surface area contributed by atoms with Crippen LogP contribution in [0.1, 0.15) is 52.0 Å². The van der Waals surface area contributed by atoms with Crippen LogP contribution in [0.2, 0.25) is 0 Å². The Balaban J connectivity index is 1.50. The lowest BCUT2D eigenvalue weighted by molar-refractivity contribution is -0.142. The van der Waals surface area contributed by atoms with Gasteiger partial charge in [0.1, 0.15) is 0 Å². The molecule has 0 radical (unpaired) electrons. The molecule has 2 aromatic rings. The number of hydrogen-bond acceptors (Lipinski definition) is 5. The molecule has 0 saturated heterocycles. The minimum Gasteiger partial charge on any atom is -0.457 e. The Morgan fingerprint density at radius 3 is 2.44 bits per heavy atom. The molecule has 6 heteroatoms. The standard InChI is InChI=1S/C21H19NO5/c1-13-16-11-15(7-8-17(16)22-21(13)26)19(24)12-27-20(25)10-9-18(23)14-5-3-2-4-6-14/h2-8,11,13H,9-10,12H2,1H3,(H,22,26)/t13-/m0/s1. The summed E-state index contributed by atoms with van der Waals surface area (Å²) in [6.45, 7) is 1.37.